The lowest BCUT2D eigenvalue weighted by Gasteiger charge is -2.13. The first kappa shape index (κ1) is 14.3. The van der Waals surface area contributed by atoms with E-state index in [0.717, 1.165) is 16.8 Å². The Morgan fingerprint density at radius 3 is 2.59 bits per heavy atom. The van der Waals surface area contributed by atoms with Gasteiger partial charge in [-0.3, -0.25) is 9.20 Å². The molecule has 3 aromatic rings. The van der Waals surface area contributed by atoms with Gasteiger partial charge in [0.15, 0.2) is 0 Å². The molecule has 3 rings (SSSR count). The number of aromatic nitrogens is 3. The Bertz CT molecular complexity index is 858. The highest BCUT2D eigenvalue weighted by molar-refractivity contribution is 5.99. The molecule has 0 unspecified atom stereocenters. The molecule has 2 aromatic heterocycles. The van der Waals surface area contributed by atoms with Gasteiger partial charge in [0.2, 0.25) is 11.7 Å². The van der Waals surface area contributed by atoms with E-state index >= 15 is 0 Å². The molecule has 0 bridgehead atoms. The number of carbonyl (C=O) groups excluding carboxylic acids is 1. The van der Waals surface area contributed by atoms with Crippen LogP contribution in [0.2, 0.25) is 0 Å². The van der Waals surface area contributed by atoms with Crippen LogP contribution in [0.1, 0.15) is 36.8 Å². The molecule has 112 valence electrons. The fourth-order valence-electron chi connectivity index (χ4n) is 2.33. The van der Waals surface area contributed by atoms with E-state index in [1.54, 1.807) is 18.3 Å². The Morgan fingerprint density at radius 1 is 1.18 bits per heavy atom. The zero-order valence-corrected chi connectivity index (χ0v) is 12.9. The Labute approximate surface area is 128 Å². The van der Waals surface area contributed by atoms with Gasteiger partial charge in [-0.15, -0.1) is 0 Å². The van der Waals surface area contributed by atoms with E-state index in [-0.39, 0.29) is 5.41 Å². The van der Waals surface area contributed by atoms with Crippen LogP contribution in [-0.2, 0) is 5.41 Å². The van der Waals surface area contributed by atoms with Crippen molar-refractivity contribution in [1.82, 2.24) is 14.4 Å². The lowest BCUT2D eigenvalue weighted by Crippen LogP contribution is -2.12. The van der Waals surface area contributed by atoms with E-state index in [1.165, 1.54) is 0 Å². The summed E-state index contributed by atoms with van der Waals surface area (Å²) in [7, 11) is 0. The van der Waals surface area contributed by atoms with Crippen LogP contribution in [0.15, 0.2) is 42.9 Å². The van der Waals surface area contributed by atoms with Gasteiger partial charge in [0, 0.05) is 35.1 Å². The van der Waals surface area contributed by atoms with Crippen LogP contribution >= 0.6 is 0 Å². The summed E-state index contributed by atoms with van der Waals surface area (Å²) in [5.74, 6) is 0.196. The summed E-state index contributed by atoms with van der Waals surface area (Å²) in [6, 6.07) is 7.26. The average molecular weight is 294 g/mol. The van der Waals surface area contributed by atoms with Crippen LogP contribution in [-0.4, -0.2) is 20.3 Å². The highest BCUT2D eigenvalue weighted by atomic mass is 16.1. The fourth-order valence-corrected chi connectivity index (χ4v) is 2.33. The van der Waals surface area contributed by atoms with Gasteiger partial charge in [-0.05, 0) is 11.6 Å². The van der Waals surface area contributed by atoms with Crippen LogP contribution in [0.4, 0.5) is 0 Å². The van der Waals surface area contributed by atoms with Crippen molar-refractivity contribution >= 4 is 11.7 Å². The molecule has 22 heavy (non-hydrogen) atoms. The Kier molecular flexibility index (Phi) is 3.20. The summed E-state index contributed by atoms with van der Waals surface area (Å²) in [6.07, 6.45) is 5.61. The van der Waals surface area contributed by atoms with Gasteiger partial charge in [0.25, 0.3) is 0 Å². The minimum absolute atomic E-state index is 0.0427. The van der Waals surface area contributed by atoms with Gasteiger partial charge < -0.3 is 5.73 Å². The molecule has 0 spiro atoms. The number of hydrogen-bond donors (Lipinski definition) is 1. The molecule has 0 atom stereocenters. The molecule has 1 aromatic carbocycles. The fraction of sp³-hybridized carbons (Fsp3) is 0.235. The van der Waals surface area contributed by atoms with E-state index in [4.69, 9.17) is 5.73 Å². The highest BCUT2D eigenvalue weighted by Gasteiger charge is 2.18. The van der Waals surface area contributed by atoms with Gasteiger partial charge in [0.05, 0.1) is 5.69 Å². The number of fused-ring (bicyclic) bond motifs is 1. The molecular weight excluding hydrogens is 276 g/mol. The molecule has 1 amide bonds. The van der Waals surface area contributed by atoms with Crippen molar-refractivity contribution in [2.24, 2.45) is 5.73 Å². The zero-order valence-electron chi connectivity index (χ0n) is 12.9. The predicted molar refractivity (Wildman–Crippen MR) is 85.6 cm³/mol. The molecule has 2 heterocycles. The van der Waals surface area contributed by atoms with Crippen LogP contribution in [0.3, 0.4) is 0 Å². The van der Waals surface area contributed by atoms with Gasteiger partial charge in [-0.1, -0.05) is 39.0 Å². The third kappa shape index (κ3) is 2.45. The summed E-state index contributed by atoms with van der Waals surface area (Å²) in [5.41, 5.74) is 8.47. The summed E-state index contributed by atoms with van der Waals surface area (Å²) in [6.45, 7) is 6.33. The van der Waals surface area contributed by atoms with E-state index < -0.39 is 5.91 Å². The third-order valence-electron chi connectivity index (χ3n) is 3.58. The first-order valence-electron chi connectivity index (χ1n) is 7.11. The summed E-state index contributed by atoms with van der Waals surface area (Å²) in [4.78, 5) is 20.5. The third-order valence-corrected chi connectivity index (χ3v) is 3.58. The second-order valence-corrected chi connectivity index (χ2v) is 6.34. The molecule has 0 aliphatic heterocycles. The Balaban J connectivity index is 2.15. The topological polar surface area (TPSA) is 73.3 Å². The molecule has 2 N–H and O–H groups in total. The number of carbonyl (C=O) groups is 1. The van der Waals surface area contributed by atoms with Crippen LogP contribution < -0.4 is 5.73 Å². The number of imidazole rings is 1. The van der Waals surface area contributed by atoms with Gasteiger partial charge in [-0.2, -0.15) is 0 Å². The molecule has 0 aliphatic carbocycles. The minimum atomic E-state index is -0.447. The number of amides is 1. The van der Waals surface area contributed by atoms with Crippen molar-refractivity contribution in [3.8, 4) is 11.1 Å². The zero-order chi connectivity index (χ0) is 15.9. The molecular formula is C17H18N4O. The Morgan fingerprint density at radius 2 is 1.91 bits per heavy atom. The van der Waals surface area contributed by atoms with Gasteiger partial charge in [0.1, 0.15) is 0 Å². The predicted octanol–water partition coefficient (Wildman–Crippen LogP) is 2.79. The molecule has 0 radical (unpaired) electrons. The summed E-state index contributed by atoms with van der Waals surface area (Å²) in [5, 5.41) is 0. The number of primary amides is 1. The first-order valence-corrected chi connectivity index (χ1v) is 7.11. The lowest BCUT2D eigenvalue weighted by atomic mass is 9.93. The van der Waals surface area contributed by atoms with E-state index in [2.05, 4.69) is 30.7 Å². The lowest BCUT2D eigenvalue weighted by molar-refractivity contribution is 0.100. The minimum Gasteiger partial charge on any atom is -0.366 e. The largest absolute Gasteiger partial charge is 0.366 e. The molecule has 5 heteroatoms. The normalized spacial score (nSPS) is 11.8. The van der Waals surface area contributed by atoms with Crippen molar-refractivity contribution in [3.63, 3.8) is 0 Å². The average Bonchev–Trinajstić information content (AvgIpc) is 2.90. The number of nitrogens with two attached hydrogens (primary N) is 1. The smallest absolute Gasteiger partial charge is 0.249 e. The van der Waals surface area contributed by atoms with Gasteiger partial charge in [-0.25, -0.2) is 9.97 Å². The second kappa shape index (κ2) is 4.94. The molecule has 5 nitrogen and oxygen atoms in total. The van der Waals surface area contributed by atoms with Crippen LogP contribution in [0, 0.1) is 0 Å². The number of benzene rings is 1. The maximum absolute atomic E-state index is 11.6. The summed E-state index contributed by atoms with van der Waals surface area (Å²) >= 11 is 0. The SMILES string of the molecule is CC(C)(C)c1cn2cc(-c3ccccc3C(N)=O)cnc2n1. The van der Waals surface area contributed by atoms with Crippen LogP contribution in [0.25, 0.3) is 16.9 Å². The van der Waals surface area contributed by atoms with E-state index in [9.17, 15) is 4.79 Å². The maximum Gasteiger partial charge on any atom is 0.249 e. The number of nitrogens with zero attached hydrogens (tertiary/aromatic N) is 3. The van der Waals surface area contributed by atoms with E-state index in [1.807, 2.05) is 28.9 Å². The molecule has 0 aliphatic rings. The van der Waals surface area contributed by atoms with Crippen molar-refractivity contribution < 1.29 is 4.79 Å². The second-order valence-electron chi connectivity index (χ2n) is 6.34. The van der Waals surface area contributed by atoms with E-state index in [0.29, 0.717) is 11.3 Å². The van der Waals surface area contributed by atoms with Crippen molar-refractivity contribution in [1.29, 1.82) is 0 Å². The molecule has 0 saturated heterocycles. The maximum atomic E-state index is 11.6. The number of rotatable bonds is 2. The van der Waals surface area contributed by atoms with Gasteiger partial charge >= 0.3 is 0 Å². The Hall–Kier alpha value is -2.69. The van der Waals surface area contributed by atoms with Crippen LogP contribution in [0.5, 0.6) is 0 Å². The van der Waals surface area contributed by atoms with Crippen molar-refractivity contribution in [2.45, 2.75) is 26.2 Å². The quantitative estimate of drug-likeness (QED) is 0.789. The number of hydrogen-bond acceptors (Lipinski definition) is 3. The van der Waals surface area contributed by atoms with Crippen molar-refractivity contribution in [2.75, 3.05) is 0 Å². The molecule has 0 saturated carbocycles. The standard InChI is InChI=1S/C17H18N4O/c1-17(2,3)14-10-21-9-11(8-19-16(21)20-14)12-6-4-5-7-13(12)15(18)22/h4-10H,1-3H3,(H2,18,22). The van der Waals surface area contributed by atoms with Crippen molar-refractivity contribution in [3.05, 3.63) is 54.1 Å². The summed E-state index contributed by atoms with van der Waals surface area (Å²) < 4.78 is 1.88. The molecule has 0 fully saturated rings. The first-order chi connectivity index (χ1) is 10.4. The monoisotopic (exact) mass is 294 g/mol. The highest BCUT2D eigenvalue weighted by Crippen LogP contribution is 2.25.